The van der Waals surface area contributed by atoms with Gasteiger partial charge in [0.2, 0.25) is 10.0 Å². The van der Waals surface area contributed by atoms with Crippen LogP contribution >= 0.6 is 0 Å². The van der Waals surface area contributed by atoms with Crippen LogP contribution in [0.1, 0.15) is 12.0 Å². The van der Waals surface area contributed by atoms with E-state index in [1.807, 2.05) is 0 Å². The molecule has 1 atom stereocenters. The summed E-state index contributed by atoms with van der Waals surface area (Å²) in [5.74, 6) is -0.993. The minimum absolute atomic E-state index is 0.00317. The largest absolute Gasteiger partial charge is 0.481 e. The van der Waals surface area contributed by atoms with Crippen molar-refractivity contribution in [1.29, 1.82) is 0 Å². The number of sulfonamides is 1. The summed E-state index contributed by atoms with van der Waals surface area (Å²) in [5, 5.41) is 8.75. The summed E-state index contributed by atoms with van der Waals surface area (Å²) in [6.45, 7) is 0.603. The molecule has 0 saturated carbocycles. The van der Waals surface area contributed by atoms with Gasteiger partial charge in [-0.05, 0) is 24.1 Å². The van der Waals surface area contributed by atoms with Gasteiger partial charge in [-0.1, -0.05) is 0 Å². The lowest BCUT2D eigenvalue weighted by Gasteiger charge is -2.31. The van der Waals surface area contributed by atoms with E-state index < -0.39 is 22.1 Å². The first-order valence-corrected chi connectivity index (χ1v) is 8.28. The molecule has 1 aromatic rings. The van der Waals surface area contributed by atoms with Crippen molar-refractivity contribution in [2.75, 3.05) is 25.4 Å². The molecule has 1 aliphatic rings. The highest BCUT2D eigenvalue weighted by Gasteiger charge is 2.30. The van der Waals surface area contributed by atoms with Gasteiger partial charge in [-0.2, -0.15) is 4.31 Å². The summed E-state index contributed by atoms with van der Waals surface area (Å²) in [5.41, 5.74) is 0.906. The molecule has 2 rings (SSSR count). The first-order chi connectivity index (χ1) is 9.97. The van der Waals surface area contributed by atoms with Crippen molar-refractivity contribution in [2.45, 2.75) is 18.9 Å². The highest BCUT2D eigenvalue weighted by molar-refractivity contribution is 7.89. The Hall–Kier alpha value is -1.51. The fraction of sp³-hybridized carbons (Fsp3) is 0.538. The number of morpholine rings is 1. The molecule has 0 bridgehead atoms. The van der Waals surface area contributed by atoms with Gasteiger partial charge in [0.1, 0.15) is 0 Å². The zero-order chi connectivity index (χ0) is 15.3. The SMILES string of the molecule is O=C(O)CC1CN(S(=O)(=O)CCc2ccncc2)CCO1. The van der Waals surface area contributed by atoms with Gasteiger partial charge in [0.05, 0.1) is 24.9 Å². The number of aromatic nitrogens is 1. The lowest BCUT2D eigenvalue weighted by Crippen LogP contribution is -2.47. The molecule has 0 spiro atoms. The zero-order valence-electron chi connectivity index (χ0n) is 11.5. The summed E-state index contributed by atoms with van der Waals surface area (Å²) in [6, 6.07) is 3.56. The molecular formula is C13H18N2O5S. The first kappa shape index (κ1) is 15.9. The van der Waals surface area contributed by atoms with Crippen molar-refractivity contribution >= 4 is 16.0 Å². The van der Waals surface area contributed by atoms with Crippen LogP contribution in [0.3, 0.4) is 0 Å². The van der Waals surface area contributed by atoms with Crippen molar-refractivity contribution in [3.05, 3.63) is 30.1 Å². The molecule has 1 fully saturated rings. The lowest BCUT2D eigenvalue weighted by atomic mass is 10.2. The molecule has 0 aromatic carbocycles. The van der Waals surface area contributed by atoms with E-state index in [0.717, 1.165) is 5.56 Å². The number of aryl methyl sites for hydroxylation is 1. The van der Waals surface area contributed by atoms with Gasteiger partial charge in [0, 0.05) is 25.5 Å². The van der Waals surface area contributed by atoms with Gasteiger partial charge in [0.15, 0.2) is 0 Å². The minimum atomic E-state index is -3.41. The summed E-state index contributed by atoms with van der Waals surface area (Å²) in [7, 11) is -3.41. The Kier molecular flexibility index (Phi) is 5.27. The van der Waals surface area contributed by atoms with Crippen LogP contribution in [0.2, 0.25) is 0 Å². The number of aliphatic carboxylic acids is 1. The number of hydrogen-bond acceptors (Lipinski definition) is 5. The number of pyridine rings is 1. The number of ether oxygens (including phenoxy) is 1. The Balaban J connectivity index is 1.93. The summed E-state index contributed by atoms with van der Waals surface area (Å²) >= 11 is 0. The maximum atomic E-state index is 12.3. The van der Waals surface area contributed by atoms with Crippen LogP contribution in [0.5, 0.6) is 0 Å². The van der Waals surface area contributed by atoms with E-state index in [9.17, 15) is 13.2 Å². The molecule has 1 unspecified atom stereocenters. The summed E-state index contributed by atoms with van der Waals surface area (Å²) in [6.07, 6.45) is 2.90. The predicted octanol–water partition coefficient (Wildman–Crippen LogP) is 0.129. The molecule has 116 valence electrons. The number of carboxylic acids is 1. The molecule has 2 heterocycles. The van der Waals surface area contributed by atoms with Crippen LogP contribution in [0.25, 0.3) is 0 Å². The number of hydrogen-bond donors (Lipinski definition) is 1. The second kappa shape index (κ2) is 6.97. The molecule has 1 saturated heterocycles. The average Bonchev–Trinajstić information content (AvgIpc) is 2.46. The quantitative estimate of drug-likeness (QED) is 0.801. The van der Waals surface area contributed by atoms with Crippen LogP contribution in [0.15, 0.2) is 24.5 Å². The van der Waals surface area contributed by atoms with Crippen molar-refractivity contribution in [3.8, 4) is 0 Å². The van der Waals surface area contributed by atoms with Gasteiger partial charge in [0.25, 0.3) is 0 Å². The Bertz CT molecular complexity index is 575. The van der Waals surface area contributed by atoms with E-state index in [2.05, 4.69) is 4.98 Å². The van der Waals surface area contributed by atoms with Crippen molar-refractivity contribution in [1.82, 2.24) is 9.29 Å². The van der Waals surface area contributed by atoms with Gasteiger partial charge < -0.3 is 9.84 Å². The molecular weight excluding hydrogens is 296 g/mol. The fourth-order valence-electron chi connectivity index (χ4n) is 2.19. The van der Waals surface area contributed by atoms with Crippen LogP contribution < -0.4 is 0 Å². The standard InChI is InChI=1S/C13H18N2O5S/c16-13(17)9-12-10-15(6-7-20-12)21(18,19)8-3-11-1-4-14-5-2-11/h1-2,4-5,12H,3,6-10H2,(H,16,17). The minimum Gasteiger partial charge on any atom is -0.481 e. The third-order valence-electron chi connectivity index (χ3n) is 3.30. The Labute approximate surface area is 123 Å². The Morgan fingerprint density at radius 1 is 1.43 bits per heavy atom. The van der Waals surface area contributed by atoms with Crippen LogP contribution in [-0.4, -0.2) is 60.3 Å². The number of nitrogens with zero attached hydrogens (tertiary/aromatic N) is 2. The summed E-state index contributed by atoms with van der Waals surface area (Å²) < 4.78 is 31.2. The molecule has 0 radical (unpaired) electrons. The number of rotatable bonds is 6. The van der Waals surface area contributed by atoms with Crippen LogP contribution in [0, 0.1) is 0 Å². The molecule has 1 aliphatic heterocycles. The van der Waals surface area contributed by atoms with E-state index in [0.29, 0.717) is 6.42 Å². The molecule has 8 heteroatoms. The van der Waals surface area contributed by atoms with Crippen molar-refractivity contribution in [3.63, 3.8) is 0 Å². The third-order valence-corrected chi connectivity index (χ3v) is 5.13. The monoisotopic (exact) mass is 314 g/mol. The van der Waals surface area contributed by atoms with Gasteiger partial charge in [-0.3, -0.25) is 9.78 Å². The predicted molar refractivity (Wildman–Crippen MR) is 75.3 cm³/mol. The van der Waals surface area contributed by atoms with E-state index in [-0.39, 0.29) is 31.9 Å². The van der Waals surface area contributed by atoms with Crippen LogP contribution in [0.4, 0.5) is 0 Å². The van der Waals surface area contributed by atoms with Gasteiger partial charge in [-0.15, -0.1) is 0 Å². The fourth-order valence-corrected chi connectivity index (χ4v) is 3.69. The van der Waals surface area contributed by atoms with Crippen molar-refractivity contribution < 1.29 is 23.1 Å². The molecule has 0 amide bonds. The lowest BCUT2D eigenvalue weighted by molar-refractivity contribution is -0.141. The first-order valence-electron chi connectivity index (χ1n) is 6.67. The van der Waals surface area contributed by atoms with Crippen LogP contribution in [-0.2, 0) is 26.0 Å². The maximum absolute atomic E-state index is 12.3. The van der Waals surface area contributed by atoms with Gasteiger partial charge >= 0.3 is 5.97 Å². The smallest absolute Gasteiger partial charge is 0.306 e. The van der Waals surface area contributed by atoms with Gasteiger partial charge in [-0.25, -0.2) is 8.42 Å². The maximum Gasteiger partial charge on any atom is 0.306 e. The summed E-state index contributed by atoms with van der Waals surface area (Å²) in [4.78, 5) is 14.6. The van der Waals surface area contributed by atoms with E-state index >= 15 is 0 Å². The highest BCUT2D eigenvalue weighted by Crippen LogP contribution is 2.14. The Morgan fingerprint density at radius 3 is 2.81 bits per heavy atom. The third kappa shape index (κ3) is 4.76. The van der Waals surface area contributed by atoms with E-state index in [1.165, 1.54) is 4.31 Å². The molecule has 21 heavy (non-hydrogen) atoms. The second-order valence-electron chi connectivity index (χ2n) is 4.87. The topological polar surface area (TPSA) is 96.8 Å². The molecule has 7 nitrogen and oxygen atoms in total. The average molecular weight is 314 g/mol. The van der Waals surface area contributed by atoms with E-state index in [1.54, 1.807) is 24.5 Å². The molecule has 0 aliphatic carbocycles. The Morgan fingerprint density at radius 2 is 2.14 bits per heavy atom. The van der Waals surface area contributed by atoms with Crippen molar-refractivity contribution in [2.24, 2.45) is 0 Å². The normalized spacial score (nSPS) is 20.3. The highest BCUT2D eigenvalue weighted by atomic mass is 32.2. The molecule has 1 aromatic heterocycles. The second-order valence-corrected chi connectivity index (χ2v) is 6.96. The number of carboxylic acid groups (broad SMARTS) is 1. The number of carbonyl (C=O) groups is 1. The zero-order valence-corrected chi connectivity index (χ0v) is 12.3. The molecule has 1 N–H and O–H groups in total. The van der Waals surface area contributed by atoms with E-state index in [4.69, 9.17) is 9.84 Å².